The third-order valence-corrected chi connectivity index (χ3v) is 6.43. The largest absolute Gasteiger partial charge is 0.486 e. The Morgan fingerprint density at radius 2 is 1.81 bits per heavy atom. The van der Waals surface area contributed by atoms with E-state index in [1.807, 2.05) is 6.07 Å². The molecule has 0 fully saturated rings. The van der Waals surface area contributed by atoms with Crippen molar-refractivity contribution in [3.8, 4) is 11.5 Å². The molecular formula is C21H27N3O6S. The summed E-state index contributed by atoms with van der Waals surface area (Å²) in [6.07, 6.45) is 0. The lowest BCUT2D eigenvalue weighted by atomic mass is 10.0. The number of aryl methyl sites for hydroxylation is 2. The normalized spacial score (nSPS) is 14.4. The molecule has 2 heterocycles. The molecule has 0 bridgehead atoms. The van der Waals surface area contributed by atoms with Gasteiger partial charge in [0.25, 0.3) is 5.56 Å². The molecule has 1 aliphatic heterocycles. The summed E-state index contributed by atoms with van der Waals surface area (Å²) in [4.78, 5) is 27.6. The smallest absolute Gasteiger partial charge is 0.253 e. The van der Waals surface area contributed by atoms with Gasteiger partial charge in [-0.2, -0.15) is 4.72 Å². The summed E-state index contributed by atoms with van der Waals surface area (Å²) in [5.74, 6) is -0.0318. The molecular weight excluding hydrogens is 422 g/mol. The van der Waals surface area contributed by atoms with E-state index >= 15 is 0 Å². The Morgan fingerprint density at radius 1 is 1.13 bits per heavy atom. The maximum Gasteiger partial charge on any atom is 0.253 e. The van der Waals surface area contributed by atoms with Gasteiger partial charge in [0, 0.05) is 23.9 Å². The van der Waals surface area contributed by atoms with Crippen LogP contribution >= 0.6 is 0 Å². The highest BCUT2D eigenvalue weighted by Gasteiger charge is 2.29. The Kier molecular flexibility index (Phi) is 6.71. The van der Waals surface area contributed by atoms with Gasteiger partial charge in [0.15, 0.2) is 11.5 Å². The van der Waals surface area contributed by atoms with Crippen molar-refractivity contribution < 1.29 is 22.7 Å². The van der Waals surface area contributed by atoms with Crippen LogP contribution < -0.4 is 25.1 Å². The molecule has 0 saturated carbocycles. The molecule has 1 aliphatic rings. The maximum atomic E-state index is 12.9. The Hall–Kier alpha value is -2.85. The fourth-order valence-corrected chi connectivity index (χ4v) is 4.66. The number of H-pyrrole nitrogens is 1. The van der Waals surface area contributed by atoms with Crippen LogP contribution in [-0.2, 0) is 21.4 Å². The van der Waals surface area contributed by atoms with E-state index in [0.717, 1.165) is 11.3 Å². The lowest BCUT2D eigenvalue weighted by molar-refractivity contribution is -0.123. The number of benzene rings is 1. The Labute approximate surface area is 181 Å². The quantitative estimate of drug-likeness (QED) is 0.586. The maximum absolute atomic E-state index is 12.9. The number of amides is 1. The highest BCUT2D eigenvalue weighted by Crippen LogP contribution is 2.32. The van der Waals surface area contributed by atoms with E-state index < -0.39 is 22.0 Å². The molecule has 0 spiro atoms. The van der Waals surface area contributed by atoms with E-state index in [1.165, 1.54) is 18.2 Å². The van der Waals surface area contributed by atoms with E-state index in [-0.39, 0.29) is 22.9 Å². The molecule has 9 nitrogen and oxygen atoms in total. The van der Waals surface area contributed by atoms with Crippen molar-refractivity contribution in [2.75, 3.05) is 13.2 Å². The van der Waals surface area contributed by atoms with E-state index in [2.05, 4.69) is 15.0 Å². The van der Waals surface area contributed by atoms with E-state index in [9.17, 15) is 18.0 Å². The molecule has 10 heteroatoms. The topological polar surface area (TPSA) is 127 Å². The van der Waals surface area contributed by atoms with Crippen molar-refractivity contribution in [2.24, 2.45) is 5.92 Å². The van der Waals surface area contributed by atoms with E-state index in [1.54, 1.807) is 27.7 Å². The van der Waals surface area contributed by atoms with Crippen LogP contribution in [-0.4, -0.2) is 38.6 Å². The predicted octanol–water partition coefficient (Wildman–Crippen LogP) is 1.38. The number of hydrogen-bond donors (Lipinski definition) is 3. The highest BCUT2D eigenvalue weighted by molar-refractivity contribution is 7.89. The van der Waals surface area contributed by atoms with Gasteiger partial charge in [-0.05, 0) is 43.5 Å². The SMILES string of the molecule is Cc1cc(C)c(CNC(=O)[C@@H](NS(=O)(=O)c2ccc3c(c2)OCCO3)C(C)C)c(=O)[nH]1. The number of ether oxygens (including phenoxy) is 2. The molecule has 31 heavy (non-hydrogen) atoms. The zero-order valence-corrected chi connectivity index (χ0v) is 18.8. The minimum absolute atomic E-state index is 0.00471. The fourth-order valence-electron chi connectivity index (χ4n) is 3.31. The minimum Gasteiger partial charge on any atom is -0.486 e. The van der Waals surface area contributed by atoms with Gasteiger partial charge in [-0.3, -0.25) is 9.59 Å². The molecule has 1 amide bonds. The summed E-state index contributed by atoms with van der Waals surface area (Å²) in [6.45, 7) is 7.76. The molecule has 3 rings (SSSR count). The minimum atomic E-state index is -4.00. The molecule has 3 N–H and O–H groups in total. The first-order valence-electron chi connectivity index (χ1n) is 9.97. The summed E-state index contributed by atoms with van der Waals surface area (Å²) in [5, 5.41) is 2.67. The Balaban J connectivity index is 1.76. The molecule has 2 aromatic rings. The predicted molar refractivity (Wildman–Crippen MR) is 115 cm³/mol. The number of aromatic nitrogens is 1. The number of rotatable bonds is 7. The first kappa shape index (κ1) is 22.8. The second kappa shape index (κ2) is 9.11. The van der Waals surface area contributed by atoms with Crippen molar-refractivity contribution in [2.45, 2.75) is 45.2 Å². The Morgan fingerprint density at radius 3 is 2.45 bits per heavy atom. The van der Waals surface area contributed by atoms with E-state index in [4.69, 9.17) is 9.47 Å². The number of carbonyl (C=O) groups excluding carboxylic acids is 1. The van der Waals surface area contributed by atoms with Crippen LogP contribution in [0.5, 0.6) is 11.5 Å². The van der Waals surface area contributed by atoms with Crippen molar-refractivity contribution >= 4 is 15.9 Å². The number of sulfonamides is 1. The van der Waals surface area contributed by atoms with Crippen molar-refractivity contribution in [1.82, 2.24) is 15.0 Å². The number of hydrogen-bond acceptors (Lipinski definition) is 6. The second-order valence-corrected chi connectivity index (χ2v) is 9.52. The van der Waals surface area contributed by atoms with Crippen LogP contribution in [0.4, 0.5) is 0 Å². The summed E-state index contributed by atoms with van der Waals surface area (Å²) in [7, 11) is -4.00. The van der Waals surface area contributed by atoms with Crippen LogP contribution in [0.2, 0.25) is 0 Å². The zero-order chi connectivity index (χ0) is 22.8. The highest BCUT2D eigenvalue weighted by atomic mass is 32.2. The number of nitrogens with one attached hydrogen (secondary N) is 3. The van der Waals surface area contributed by atoms with Gasteiger partial charge in [-0.25, -0.2) is 8.42 Å². The number of aromatic amines is 1. The van der Waals surface area contributed by atoms with Crippen LogP contribution in [0, 0.1) is 19.8 Å². The lowest BCUT2D eigenvalue weighted by Gasteiger charge is -2.23. The molecule has 0 saturated heterocycles. The van der Waals surface area contributed by atoms with Crippen LogP contribution in [0.3, 0.4) is 0 Å². The van der Waals surface area contributed by atoms with Gasteiger partial charge in [0.05, 0.1) is 4.90 Å². The zero-order valence-electron chi connectivity index (χ0n) is 17.9. The van der Waals surface area contributed by atoms with Gasteiger partial charge < -0.3 is 19.8 Å². The first-order valence-corrected chi connectivity index (χ1v) is 11.5. The molecule has 0 radical (unpaired) electrons. The van der Waals surface area contributed by atoms with Gasteiger partial charge in [0.1, 0.15) is 19.3 Å². The third-order valence-electron chi connectivity index (χ3n) is 4.99. The van der Waals surface area contributed by atoms with Crippen LogP contribution in [0.1, 0.15) is 30.7 Å². The van der Waals surface area contributed by atoms with Gasteiger partial charge in [-0.15, -0.1) is 0 Å². The number of pyridine rings is 1. The van der Waals surface area contributed by atoms with Crippen LogP contribution in [0.15, 0.2) is 34.0 Å². The van der Waals surface area contributed by atoms with Gasteiger partial charge >= 0.3 is 0 Å². The molecule has 1 aromatic heterocycles. The molecule has 1 atom stereocenters. The Bertz CT molecular complexity index is 1140. The summed E-state index contributed by atoms with van der Waals surface area (Å²) < 4.78 is 39.2. The molecule has 0 aliphatic carbocycles. The standard InChI is InChI=1S/C21H27N3O6S/c1-12(2)19(21(26)22-11-16-13(3)9-14(4)23-20(16)25)24-31(27,28)15-5-6-17-18(10-15)30-8-7-29-17/h5-6,9-10,12,19,24H,7-8,11H2,1-4H3,(H,22,26)(H,23,25)/t19-/m0/s1. The summed E-state index contributed by atoms with van der Waals surface area (Å²) in [5.41, 5.74) is 1.62. The summed E-state index contributed by atoms with van der Waals surface area (Å²) >= 11 is 0. The van der Waals surface area contributed by atoms with Gasteiger partial charge in [-0.1, -0.05) is 13.8 Å². The van der Waals surface area contributed by atoms with Crippen molar-refractivity contribution in [3.63, 3.8) is 0 Å². The fraction of sp³-hybridized carbons (Fsp3) is 0.429. The van der Waals surface area contributed by atoms with E-state index in [0.29, 0.717) is 30.3 Å². The van der Waals surface area contributed by atoms with Crippen molar-refractivity contribution in [3.05, 3.63) is 51.4 Å². The number of fused-ring (bicyclic) bond motifs is 1. The summed E-state index contributed by atoms with van der Waals surface area (Å²) in [6, 6.07) is 5.10. The average molecular weight is 450 g/mol. The third kappa shape index (κ3) is 5.26. The lowest BCUT2D eigenvalue weighted by Crippen LogP contribution is -2.49. The number of carbonyl (C=O) groups is 1. The van der Waals surface area contributed by atoms with Gasteiger partial charge in [0.2, 0.25) is 15.9 Å². The second-order valence-electron chi connectivity index (χ2n) is 7.81. The molecule has 168 valence electrons. The molecule has 0 unspecified atom stereocenters. The average Bonchev–Trinajstić information content (AvgIpc) is 2.70. The van der Waals surface area contributed by atoms with Crippen LogP contribution in [0.25, 0.3) is 0 Å². The monoisotopic (exact) mass is 449 g/mol. The molecule has 1 aromatic carbocycles. The first-order chi connectivity index (χ1) is 14.6. The van der Waals surface area contributed by atoms with Crippen molar-refractivity contribution in [1.29, 1.82) is 0 Å².